The largest absolute Gasteiger partial charge is 0.440 e. The van der Waals surface area contributed by atoms with E-state index in [-0.39, 0.29) is 23.0 Å². The van der Waals surface area contributed by atoms with Crippen LogP contribution in [0.2, 0.25) is 0 Å². The Morgan fingerprint density at radius 3 is 2.50 bits per heavy atom. The summed E-state index contributed by atoms with van der Waals surface area (Å²) in [7, 11) is 0. The van der Waals surface area contributed by atoms with Gasteiger partial charge in [0.15, 0.2) is 0 Å². The van der Waals surface area contributed by atoms with Gasteiger partial charge in [-0.2, -0.15) is 4.74 Å². The zero-order chi connectivity index (χ0) is 22.8. The van der Waals surface area contributed by atoms with E-state index in [0.717, 1.165) is 36.8 Å². The zero-order valence-electron chi connectivity index (χ0n) is 19.8. The molecule has 0 saturated heterocycles. The van der Waals surface area contributed by atoms with Gasteiger partial charge in [0, 0.05) is 0 Å². The molecular weight excluding hydrogens is 408 g/mol. The van der Waals surface area contributed by atoms with Crippen molar-refractivity contribution in [1.82, 2.24) is 9.72 Å². The first-order valence-electron chi connectivity index (χ1n) is 12.8. The molecule has 1 aromatic rings. The summed E-state index contributed by atoms with van der Waals surface area (Å²) >= 11 is 0. The highest BCUT2D eigenvalue weighted by atomic mass is 16.5. The second kappa shape index (κ2) is 7.86. The van der Waals surface area contributed by atoms with Crippen LogP contribution in [0.4, 0.5) is 0 Å². The molecule has 5 unspecified atom stereocenters. The molecule has 0 radical (unpaired) electrons. The normalized spacial score (nSPS) is 46.8. The molecule has 3 N–H and O–H groups in total. The van der Waals surface area contributed by atoms with E-state index in [9.17, 15) is 19.8 Å². The first kappa shape index (κ1) is 22.5. The summed E-state index contributed by atoms with van der Waals surface area (Å²) in [6.07, 6.45) is 8.77. The minimum absolute atomic E-state index is 0.195. The summed E-state index contributed by atoms with van der Waals surface area (Å²) in [6.45, 7) is 7.60. The smallest absolute Gasteiger partial charge is 0.393 e. The fourth-order valence-corrected chi connectivity index (χ4v) is 9.16. The average Bonchev–Trinajstić information content (AvgIpc) is 3.25. The van der Waals surface area contributed by atoms with Crippen LogP contribution in [0.1, 0.15) is 78.6 Å². The van der Waals surface area contributed by atoms with E-state index < -0.39 is 11.4 Å². The van der Waals surface area contributed by atoms with Crippen molar-refractivity contribution in [2.75, 3.05) is 0 Å². The maximum Gasteiger partial charge on any atom is 0.440 e. The molecule has 7 heteroatoms. The van der Waals surface area contributed by atoms with Gasteiger partial charge in [0.1, 0.15) is 0 Å². The number of aliphatic hydroxyl groups excluding tert-OH is 2. The van der Waals surface area contributed by atoms with Gasteiger partial charge >= 0.3 is 11.4 Å². The molecule has 180 valence electrons. The lowest BCUT2D eigenvalue weighted by molar-refractivity contribution is -0.174. The van der Waals surface area contributed by atoms with Crippen LogP contribution in [0.3, 0.4) is 0 Å². The molecule has 0 bridgehead atoms. The average molecular weight is 449 g/mol. The first-order valence-corrected chi connectivity index (χ1v) is 12.8. The number of nitrogens with zero attached hydrogens (tertiary/aromatic N) is 1. The maximum atomic E-state index is 11.8. The number of aliphatic hydroxyl groups is 2. The number of hydrogen-bond donors (Lipinski definition) is 3. The molecule has 0 spiro atoms. The predicted octanol–water partition coefficient (Wildman–Crippen LogP) is 3.15. The van der Waals surface area contributed by atoms with E-state index >= 15 is 0 Å². The van der Waals surface area contributed by atoms with Crippen LogP contribution in [0, 0.1) is 46.3 Å². The summed E-state index contributed by atoms with van der Waals surface area (Å²) < 4.78 is 6.10. The van der Waals surface area contributed by atoms with Gasteiger partial charge in [-0.1, -0.05) is 20.8 Å². The quantitative estimate of drug-likeness (QED) is 0.656. The molecule has 0 amide bonds. The molecule has 0 aliphatic heterocycles. The van der Waals surface area contributed by atoms with E-state index in [2.05, 4.69) is 25.8 Å². The molecule has 1 aromatic heterocycles. The van der Waals surface area contributed by atoms with E-state index in [1.54, 1.807) is 0 Å². The maximum absolute atomic E-state index is 11.8. The van der Waals surface area contributed by atoms with Crippen LogP contribution in [-0.2, 0) is 6.54 Å². The van der Waals surface area contributed by atoms with Crippen molar-refractivity contribution in [3.63, 3.8) is 0 Å². The van der Waals surface area contributed by atoms with Gasteiger partial charge < -0.3 is 14.7 Å². The van der Waals surface area contributed by atoms with Crippen molar-refractivity contribution in [3.05, 3.63) is 21.0 Å². The number of aromatic nitrogens is 2. The molecule has 4 saturated carbocycles. The van der Waals surface area contributed by atoms with Gasteiger partial charge in [-0.25, -0.2) is 14.6 Å². The number of H-pyrrole nitrogens is 1. The Labute approximate surface area is 189 Å². The topological polar surface area (TPSA) is 108 Å². The lowest BCUT2D eigenvalue weighted by Gasteiger charge is -2.62. The highest BCUT2D eigenvalue weighted by molar-refractivity contribution is 5.11. The number of fused-ring (bicyclic) bond motifs is 5. The zero-order valence-corrected chi connectivity index (χ0v) is 19.8. The van der Waals surface area contributed by atoms with Crippen LogP contribution in [0.5, 0.6) is 0 Å². The Balaban J connectivity index is 1.33. The van der Waals surface area contributed by atoms with Crippen LogP contribution in [-0.4, -0.2) is 32.1 Å². The van der Waals surface area contributed by atoms with Crippen LogP contribution < -0.4 is 11.4 Å². The molecule has 0 aromatic carbocycles. The molecule has 7 nitrogen and oxygen atoms in total. The van der Waals surface area contributed by atoms with Crippen molar-refractivity contribution in [2.45, 2.75) is 97.3 Å². The van der Waals surface area contributed by atoms with E-state index in [0.29, 0.717) is 42.1 Å². The molecule has 10 atom stereocenters. The van der Waals surface area contributed by atoms with Crippen molar-refractivity contribution in [2.24, 2.45) is 46.3 Å². The minimum Gasteiger partial charge on any atom is -0.393 e. The third kappa shape index (κ3) is 3.37. The minimum atomic E-state index is -0.692. The van der Waals surface area contributed by atoms with Crippen LogP contribution in [0.15, 0.2) is 14.1 Å². The fraction of sp³-hybridized carbons (Fsp3) is 0.920. The van der Waals surface area contributed by atoms with Gasteiger partial charge in [-0.05, 0) is 104 Å². The van der Waals surface area contributed by atoms with E-state index in [1.807, 2.05) is 0 Å². The second-order valence-corrected chi connectivity index (χ2v) is 12.1. The molecule has 4 aliphatic carbocycles. The molecule has 4 aliphatic rings. The highest BCUT2D eigenvalue weighted by Gasteiger charge is 2.62. The molecule has 4 fully saturated rings. The predicted molar refractivity (Wildman–Crippen MR) is 120 cm³/mol. The van der Waals surface area contributed by atoms with E-state index in [4.69, 9.17) is 4.52 Å². The van der Waals surface area contributed by atoms with Crippen molar-refractivity contribution in [1.29, 1.82) is 0 Å². The summed E-state index contributed by atoms with van der Waals surface area (Å²) in [4.78, 5) is 25.2. The standard InChI is InChI=1S/C25H40N2O5/c1-14(8-11-27-22(30)26-23(31)32-27)17-4-5-18-21-19(7-10-25(17,18)3)24(2)9-6-16(28)12-15(24)13-20(21)29/h14-21,28-29H,4-13H2,1-3H3,(H,26,30,31)/t14-,15?,16-,17?,18?,19?,20-,21?,24+,25-/m1/s1. The van der Waals surface area contributed by atoms with Crippen molar-refractivity contribution in [3.8, 4) is 0 Å². The SMILES string of the molecule is C[C@H](CCn1oc(=O)[nH]c1=O)C1CCC2C3C(CC[C@@]21C)[C@@]1(C)CC[C@@H](O)CC1C[C@H]3O. The second-order valence-electron chi connectivity index (χ2n) is 12.1. The molecule has 5 rings (SSSR count). The summed E-state index contributed by atoms with van der Waals surface area (Å²) in [5.41, 5.74) is -0.00623. The molecule has 32 heavy (non-hydrogen) atoms. The number of aromatic amines is 1. The number of rotatable bonds is 4. The monoisotopic (exact) mass is 448 g/mol. The van der Waals surface area contributed by atoms with E-state index in [1.165, 1.54) is 25.7 Å². The lowest BCUT2D eigenvalue weighted by Crippen LogP contribution is -2.58. The Morgan fingerprint density at radius 1 is 1.06 bits per heavy atom. The van der Waals surface area contributed by atoms with Gasteiger partial charge in [0.25, 0.3) is 0 Å². The Bertz CT molecular complexity index is 951. The highest BCUT2D eigenvalue weighted by Crippen LogP contribution is 2.68. The Morgan fingerprint density at radius 2 is 1.78 bits per heavy atom. The summed E-state index contributed by atoms with van der Waals surface area (Å²) in [5, 5.41) is 21.6. The first-order chi connectivity index (χ1) is 15.1. The van der Waals surface area contributed by atoms with Gasteiger partial charge in [0.2, 0.25) is 0 Å². The third-order valence-corrected chi connectivity index (χ3v) is 10.8. The van der Waals surface area contributed by atoms with Gasteiger partial charge in [-0.3, -0.25) is 0 Å². The third-order valence-electron chi connectivity index (χ3n) is 10.8. The van der Waals surface area contributed by atoms with Gasteiger partial charge in [0.05, 0.1) is 18.8 Å². The fourth-order valence-electron chi connectivity index (χ4n) is 9.16. The number of nitrogens with one attached hydrogen (secondary N) is 1. The Hall–Kier alpha value is -1.34. The number of hydrogen-bond acceptors (Lipinski definition) is 5. The van der Waals surface area contributed by atoms with Crippen LogP contribution >= 0.6 is 0 Å². The van der Waals surface area contributed by atoms with Crippen molar-refractivity contribution >= 4 is 0 Å². The van der Waals surface area contributed by atoms with Crippen LogP contribution in [0.25, 0.3) is 0 Å². The number of aryl methyl sites for hydroxylation is 1. The Kier molecular flexibility index (Phi) is 5.52. The molecule has 1 heterocycles. The lowest BCUT2D eigenvalue weighted by atomic mass is 9.43. The molecular formula is C25H40N2O5. The summed E-state index contributed by atoms with van der Waals surface area (Å²) in [5.74, 6) is 2.19. The summed E-state index contributed by atoms with van der Waals surface area (Å²) in [6, 6.07) is 0. The van der Waals surface area contributed by atoms with Crippen molar-refractivity contribution < 1.29 is 14.7 Å². The van der Waals surface area contributed by atoms with Gasteiger partial charge in [-0.15, -0.1) is 0 Å².